The summed E-state index contributed by atoms with van der Waals surface area (Å²) in [5.41, 5.74) is 9.13. The molecule has 0 bridgehead atoms. The predicted octanol–water partition coefficient (Wildman–Crippen LogP) is -0.178. The summed E-state index contributed by atoms with van der Waals surface area (Å²) in [4.78, 5) is 63.4. The van der Waals surface area contributed by atoms with Gasteiger partial charge in [-0.1, -0.05) is 34.2 Å². The fourth-order valence-corrected chi connectivity index (χ4v) is 8.86. The van der Waals surface area contributed by atoms with Gasteiger partial charge in [0.1, 0.15) is 34.4 Å². The van der Waals surface area contributed by atoms with Crippen molar-refractivity contribution in [3.05, 3.63) is 68.7 Å². The number of carbonyl (C=O) groups is 4. The molecule has 0 spiro atoms. The van der Waals surface area contributed by atoms with Gasteiger partial charge in [0, 0.05) is 48.6 Å². The smallest absolute Gasteiger partial charge is 0.276 e. The number of hydrogen-bond acceptors (Lipinski definition) is 13. The number of thiazole rings is 1. The molecule has 3 aromatic rings. The van der Waals surface area contributed by atoms with Gasteiger partial charge >= 0.3 is 0 Å². The van der Waals surface area contributed by atoms with Gasteiger partial charge in [0.2, 0.25) is 0 Å². The van der Waals surface area contributed by atoms with E-state index in [4.69, 9.17) is 22.2 Å². The number of carbonyl (C=O) groups excluding carboxylic acids is 4. The van der Waals surface area contributed by atoms with Crippen LogP contribution in [0.5, 0.6) is 0 Å². The Labute approximate surface area is 303 Å². The van der Waals surface area contributed by atoms with E-state index in [-0.39, 0.29) is 56.9 Å². The van der Waals surface area contributed by atoms with E-state index in [9.17, 15) is 24.3 Å². The van der Waals surface area contributed by atoms with E-state index in [1.54, 1.807) is 18.3 Å². The summed E-state index contributed by atoms with van der Waals surface area (Å²) in [6.45, 7) is 3.11. The maximum atomic E-state index is 15.2. The number of oxime groups is 1. The molecule has 3 amide bonds. The number of aliphatic carboxylic acids is 1. The van der Waals surface area contributed by atoms with Crippen molar-refractivity contribution in [2.75, 3.05) is 43.1 Å². The Morgan fingerprint density at radius 3 is 2.69 bits per heavy atom. The molecule has 2 aromatic heterocycles. The summed E-state index contributed by atoms with van der Waals surface area (Å²) in [7, 11) is 1.23. The molecule has 268 valence electrons. The maximum absolute atomic E-state index is 15.2. The van der Waals surface area contributed by atoms with Crippen LogP contribution in [0.2, 0.25) is 4.34 Å². The Hall–Kier alpha value is -4.72. The van der Waals surface area contributed by atoms with Crippen molar-refractivity contribution >= 4 is 75.1 Å². The standard InChI is InChI=1S/C31H32ClFN10O6S2/c1-49-38-22(21-25(32)51-31(34)36-21)27(45)35-23-28(46)43-24(30(47)48)18(15-50-29(23)43)14-41-9-6-20-39(10-11-42(20)41)13-17-5-4-16(12-19(17)33)26(44)37-40-7-2-3-8-40/h4-6,9,12,23,29H,2-3,7-8,10-11,13-15H2,1H3,(H4-,34,35,36,37,44,45,47,48)/b38-22-/t23-,29-/m1/s1. The van der Waals surface area contributed by atoms with E-state index in [0.717, 1.165) is 48.0 Å². The van der Waals surface area contributed by atoms with Crippen molar-refractivity contribution < 1.29 is 38.2 Å². The number of benzene rings is 1. The molecule has 4 aliphatic rings. The highest BCUT2D eigenvalue weighted by Gasteiger charge is 2.53. The highest BCUT2D eigenvalue weighted by Crippen LogP contribution is 2.40. The zero-order chi connectivity index (χ0) is 36.0. The van der Waals surface area contributed by atoms with Crippen molar-refractivity contribution in [2.45, 2.75) is 43.9 Å². The lowest BCUT2D eigenvalue weighted by molar-refractivity contribution is -0.766. The number of hydrogen-bond donors (Lipinski definition) is 3. The van der Waals surface area contributed by atoms with Crippen LogP contribution in [0.1, 0.15) is 34.5 Å². The number of fused-ring (bicyclic) bond motifs is 2. The Kier molecular flexibility index (Phi) is 9.62. The largest absolute Gasteiger partial charge is 0.543 e. The fraction of sp³-hybridized carbons (Fsp3) is 0.387. The number of hydrazine groups is 1. The monoisotopic (exact) mass is 758 g/mol. The summed E-state index contributed by atoms with van der Waals surface area (Å²) in [5.74, 6) is -2.70. The highest BCUT2D eigenvalue weighted by atomic mass is 35.5. The molecule has 1 aromatic carbocycles. The first-order valence-electron chi connectivity index (χ1n) is 15.9. The number of anilines is 2. The molecule has 0 unspecified atom stereocenters. The lowest BCUT2D eigenvalue weighted by atomic mass is 10.0. The van der Waals surface area contributed by atoms with Crippen LogP contribution in [0.3, 0.4) is 0 Å². The second-order valence-corrected chi connectivity index (χ2v) is 14.9. The number of rotatable bonds is 11. The molecule has 2 atom stereocenters. The van der Waals surface area contributed by atoms with Gasteiger partial charge < -0.3 is 30.7 Å². The molecule has 20 heteroatoms. The third-order valence-corrected chi connectivity index (χ3v) is 11.4. The van der Waals surface area contributed by atoms with E-state index in [1.807, 2.05) is 25.3 Å². The first-order valence-corrected chi connectivity index (χ1v) is 18.2. The molecule has 4 N–H and O–H groups in total. The van der Waals surface area contributed by atoms with Crippen molar-refractivity contribution in [3.8, 4) is 0 Å². The average Bonchev–Trinajstić information content (AvgIpc) is 3.91. The number of nitrogens with two attached hydrogens (primary N) is 1. The van der Waals surface area contributed by atoms with Gasteiger partial charge in [-0.25, -0.2) is 14.4 Å². The number of carboxylic acids is 1. The Bertz CT molecular complexity index is 2000. The van der Waals surface area contributed by atoms with Crippen LogP contribution in [0, 0.1) is 5.82 Å². The van der Waals surface area contributed by atoms with E-state index in [1.165, 1.54) is 24.9 Å². The molecule has 4 aliphatic heterocycles. The number of thioether (sulfide) groups is 1. The molecular weight excluding hydrogens is 727 g/mol. The molecule has 16 nitrogen and oxygen atoms in total. The topological polar surface area (TPSA) is 194 Å². The summed E-state index contributed by atoms with van der Waals surface area (Å²) in [6, 6.07) is 5.30. The lowest BCUT2D eigenvalue weighted by Crippen LogP contribution is -2.71. The lowest BCUT2D eigenvalue weighted by Gasteiger charge is -2.50. The van der Waals surface area contributed by atoms with E-state index in [2.05, 4.69) is 20.9 Å². The van der Waals surface area contributed by atoms with Gasteiger partial charge in [0.15, 0.2) is 29.4 Å². The number of carboxylic acid groups (broad SMARTS) is 1. The van der Waals surface area contributed by atoms with Gasteiger partial charge in [-0.05, 0) is 25.0 Å². The number of nitrogens with one attached hydrogen (secondary N) is 2. The third-order valence-electron chi connectivity index (χ3n) is 9.02. The van der Waals surface area contributed by atoms with Crippen molar-refractivity contribution in [1.29, 1.82) is 0 Å². The van der Waals surface area contributed by atoms with Crippen molar-refractivity contribution in [3.63, 3.8) is 0 Å². The molecule has 0 saturated carbocycles. The fourth-order valence-electron chi connectivity index (χ4n) is 6.60. The summed E-state index contributed by atoms with van der Waals surface area (Å²) < 4.78 is 19.1. The molecule has 7 rings (SSSR count). The van der Waals surface area contributed by atoms with Crippen LogP contribution in [0.15, 0.2) is 46.9 Å². The molecule has 0 aliphatic carbocycles. The Morgan fingerprint density at radius 2 is 2.00 bits per heavy atom. The van der Waals surface area contributed by atoms with Crippen LogP contribution in [-0.2, 0) is 38.9 Å². The third kappa shape index (κ3) is 6.61. The van der Waals surface area contributed by atoms with Crippen molar-refractivity contribution in [2.24, 2.45) is 5.16 Å². The second-order valence-electron chi connectivity index (χ2n) is 12.2. The summed E-state index contributed by atoms with van der Waals surface area (Å²) >= 11 is 8.40. The van der Waals surface area contributed by atoms with E-state index < -0.39 is 35.0 Å². The first-order chi connectivity index (χ1) is 24.5. The maximum Gasteiger partial charge on any atom is 0.276 e. The molecule has 6 heterocycles. The summed E-state index contributed by atoms with van der Waals surface area (Å²) in [5, 5.41) is 20.0. The predicted molar refractivity (Wildman–Crippen MR) is 182 cm³/mol. The summed E-state index contributed by atoms with van der Waals surface area (Å²) in [6.07, 6.45) is 3.82. The number of amides is 3. The van der Waals surface area contributed by atoms with Crippen LogP contribution < -0.4 is 31.2 Å². The number of halogens is 2. The van der Waals surface area contributed by atoms with Crippen LogP contribution >= 0.6 is 34.7 Å². The molecule has 2 fully saturated rings. The van der Waals surface area contributed by atoms with E-state index in [0.29, 0.717) is 24.2 Å². The van der Waals surface area contributed by atoms with Gasteiger partial charge in [0.05, 0.1) is 24.3 Å². The van der Waals surface area contributed by atoms with Crippen LogP contribution in [-0.4, -0.2) is 92.9 Å². The highest BCUT2D eigenvalue weighted by molar-refractivity contribution is 8.00. The first kappa shape index (κ1) is 34.7. The van der Waals surface area contributed by atoms with Gasteiger partial charge in [-0.3, -0.25) is 24.7 Å². The quantitative estimate of drug-likeness (QED) is 0.102. The minimum absolute atomic E-state index is 0.00766. The number of aromatic nitrogens is 3. The Morgan fingerprint density at radius 1 is 1.22 bits per heavy atom. The van der Waals surface area contributed by atoms with Gasteiger partial charge in [-0.15, -0.1) is 21.1 Å². The number of nitrogens with zero attached hydrogens (tertiary/aromatic N) is 7. The van der Waals surface area contributed by atoms with Crippen LogP contribution in [0.4, 0.5) is 15.3 Å². The molecule has 2 saturated heterocycles. The zero-order valence-corrected chi connectivity index (χ0v) is 29.5. The average molecular weight is 759 g/mol. The minimum Gasteiger partial charge on any atom is -0.543 e. The minimum atomic E-state index is -1.51. The Balaban J connectivity index is 1.03. The second kappa shape index (κ2) is 14.1. The normalized spacial score (nSPS) is 20.3. The zero-order valence-electron chi connectivity index (χ0n) is 27.1. The SMILES string of the molecule is CO/N=C(\C(=O)N[C@@H]1C(=O)N2C(C(=O)[O-])=C(C[n+]3ccc4n3CCN4Cc3ccc(C(=O)NN4CCCC4)cc3F)CS[C@H]12)c1nc(N)sc1Cl. The molecule has 0 radical (unpaired) electrons. The van der Waals surface area contributed by atoms with Gasteiger partial charge in [-0.2, -0.15) is 0 Å². The van der Waals surface area contributed by atoms with Gasteiger partial charge in [0.25, 0.3) is 17.7 Å². The number of β-lactam (4-membered cyclic amide) rings is 1. The van der Waals surface area contributed by atoms with Crippen LogP contribution in [0.25, 0.3) is 0 Å². The van der Waals surface area contributed by atoms with E-state index >= 15 is 4.39 Å². The van der Waals surface area contributed by atoms with Crippen molar-refractivity contribution in [1.82, 2.24) is 30.3 Å². The number of nitrogen functional groups attached to an aromatic ring is 1. The molecular formula is C31H32ClFN10O6S2. The molecule has 51 heavy (non-hydrogen) atoms.